The van der Waals surface area contributed by atoms with Crippen molar-refractivity contribution in [2.24, 2.45) is 0 Å². The molecular formula is C12H17ClN2O. The Morgan fingerprint density at radius 2 is 2.25 bits per heavy atom. The summed E-state index contributed by atoms with van der Waals surface area (Å²) in [5.74, 6) is 0.780. The number of halogens is 1. The Bertz CT molecular complexity index is 346. The van der Waals surface area contributed by atoms with E-state index in [1.807, 2.05) is 6.07 Å². The van der Waals surface area contributed by atoms with Gasteiger partial charge in [0.05, 0.1) is 11.2 Å². The molecule has 88 valence electrons. The summed E-state index contributed by atoms with van der Waals surface area (Å²) in [7, 11) is 2.16. The summed E-state index contributed by atoms with van der Waals surface area (Å²) in [6, 6.07) is 1.82. The minimum Gasteiger partial charge on any atom is -0.489 e. The molecule has 1 aromatic heterocycles. The highest BCUT2D eigenvalue weighted by molar-refractivity contribution is 6.30. The van der Waals surface area contributed by atoms with E-state index in [-0.39, 0.29) is 0 Å². The third-order valence-corrected chi connectivity index (χ3v) is 3.09. The van der Waals surface area contributed by atoms with Crippen LogP contribution in [0.1, 0.15) is 19.3 Å². The van der Waals surface area contributed by atoms with Gasteiger partial charge in [-0.15, -0.1) is 0 Å². The zero-order chi connectivity index (χ0) is 11.4. The van der Waals surface area contributed by atoms with Crippen LogP contribution < -0.4 is 4.74 Å². The molecule has 0 saturated carbocycles. The molecule has 1 saturated heterocycles. The van der Waals surface area contributed by atoms with Crippen molar-refractivity contribution in [2.45, 2.75) is 25.4 Å². The van der Waals surface area contributed by atoms with E-state index in [4.69, 9.17) is 16.3 Å². The maximum atomic E-state index is 5.89. The number of hydrogen-bond acceptors (Lipinski definition) is 3. The lowest BCUT2D eigenvalue weighted by Crippen LogP contribution is -2.21. The van der Waals surface area contributed by atoms with Crippen LogP contribution in [-0.2, 0) is 0 Å². The van der Waals surface area contributed by atoms with E-state index in [0.717, 1.165) is 31.7 Å². The van der Waals surface area contributed by atoms with Gasteiger partial charge in [-0.1, -0.05) is 11.6 Å². The zero-order valence-electron chi connectivity index (χ0n) is 9.53. The topological polar surface area (TPSA) is 25.4 Å². The maximum Gasteiger partial charge on any atom is 0.139 e. The predicted octanol–water partition coefficient (Wildman–Crippen LogP) is 2.60. The van der Waals surface area contributed by atoms with E-state index in [9.17, 15) is 0 Å². The first kappa shape index (κ1) is 11.7. The summed E-state index contributed by atoms with van der Waals surface area (Å²) in [5.41, 5.74) is 0. The highest BCUT2D eigenvalue weighted by Gasteiger charge is 2.16. The molecule has 0 spiro atoms. The van der Waals surface area contributed by atoms with Crippen LogP contribution in [0.2, 0.25) is 5.02 Å². The van der Waals surface area contributed by atoms with Gasteiger partial charge in [0.1, 0.15) is 11.9 Å². The third kappa shape index (κ3) is 3.35. The molecule has 3 nitrogen and oxygen atoms in total. The Kier molecular flexibility index (Phi) is 4.02. The molecule has 16 heavy (non-hydrogen) atoms. The molecule has 0 aliphatic carbocycles. The molecule has 0 radical (unpaired) electrons. The van der Waals surface area contributed by atoms with Gasteiger partial charge in [-0.25, -0.2) is 0 Å². The number of ether oxygens (including phenoxy) is 1. The second-order valence-electron chi connectivity index (χ2n) is 4.31. The molecule has 0 aromatic carbocycles. The fourth-order valence-electron chi connectivity index (χ4n) is 1.98. The van der Waals surface area contributed by atoms with Crippen molar-refractivity contribution < 1.29 is 4.74 Å². The monoisotopic (exact) mass is 240 g/mol. The summed E-state index contributed by atoms with van der Waals surface area (Å²) in [5, 5.41) is 0.628. The SMILES string of the molecule is CN1CCCC(Oc2cncc(Cl)c2)CC1. The standard InChI is InChI=1S/C12H17ClN2O/c1-15-5-2-3-11(4-6-15)16-12-7-10(13)8-14-9-12/h7-9,11H,2-6H2,1H3. The van der Waals surface area contributed by atoms with Crippen molar-refractivity contribution in [1.82, 2.24) is 9.88 Å². The zero-order valence-corrected chi connectivity index (χ0v) is 10.3. The van der Waals surface area contributed by atoms with Gasteiger partial charge in [0.15, 0.2) is 0 Å². The van der Waals surface area contributed by atoms with E-state index < -0.39 is 0 Å². The number of likely N-dealkylation sites (tertiary alicyclic amines) is 1. The first-order valence-corrected chi connectivity index (χ1v) is 6.07. The van der Waals surface area contributed by atoms with Crippen LogP contribution in [0, 0.1) is 0 Å². The molecule has 1 aromatic rings. The second kappa shape index (κ2) is 5.51. The fraction of sp³-hybridized carbons (Fsp3) is 0.583. The first-order chi connectivity index (χ1) is 7.74. The van der Waals surface area contributed by atoms with Crippen LogP contribution in [0.4, 0.5) is 0 Å². The summed E-state index contributed by atoms with van der Waals surface area (Å²) in [6.07, 6.45) is 7.01. The Hall–Kier alpha value is -0.800. The summed E-state index contributed by atoms with van der Waals surface area (Å²) < 4.78 is 5.89. The molecule has 2 heterocycles. The largest absolute Gasteiger partial charge is 0.489 e. The molecule has 1 aliphatic rings. The number of pyridine rings is 1. The molecular weight excluding hydrogens is 224 g/mol. The van der Waals surface area contributed by atoms with Gasteiger partial charge in [-0.05, 0) is 32.9 Å². The van der Waals surface area contributed by atoms with E-state index in [1.165, 1.54) is 6.42 Å². The molecule has 2 rings (SSSR count). The minimum absolute atomic E-state index is 0.296. The van der Waals surface area contributed by atoms with Crippen molar-refractivity contribution in [2.75, 3.05) is 20.1 Å². The molecule has 1 fully saturated rings. The van der Waals surface area contributed by atoms with Crippen LogP contribution in [-0.4, -0.2) is 36.1 Å². The Morgan fingerprint density at radius 1 is 1.38 bits per heavy atom. The van der Waals surface area contributed by atoms with Gasteiger partial charge in [0, 0.05) is 18.8 Å². The molecule has 1 unspecified atom stereocenters. The number of hydrogen-bond donors (Lipinski definition) is 0. The Labute approximate surface area is 101 Å². The highest BCUT2D eigenvalue weighted by atomic mass is 35.5. The van der Waals surface area contributed by atoms with E-state index in [1.54, 1.807) is 12.4 Å². The van der Waals surface area contributed by atoms with Crippen molar-refractivity contribution in [3.8, 4) is 5.75 Å². The molecule has 0 N–H and O–H groups in total. The Morgan fingerprint density at radius 3 is 3.06 bits per heavy atom. The quantitative estimate of drug-likeness (QED) is 0.795. The van der Waals surface area contributed by atoms with E-state index in [0.29, 0.717) is 11.1 Å². The van der Waals surface area contributed by atoms with Gasteiger partial charge in [0.25, 0.3) is 0 Å². The van der Waals surface area contributed by atoms with Crippen LogP contribution in [0.15, 0.2) is 18.5 Å². The number of aromatic nitrogens is 1. The normalized spacial score (nSPS) is 22.8. The second-order valence-corrected chi connectivity index (χ2v) is 4.75. The van der Waals surface area contributed by atoms with Crippen molar-refractivity contribution in [1.29, 1.82) is 0 Å². The lowest BCUT2D eigenvalue weighted by atomic mass is 10.1. The average Bonchev–Trinajstić information content (AvgIpc) is 2.44. The van der Waals surface area contributed by atoms with Crippen molar-refractivity contribution >= 4 is 11.6 Å². The Balaban J connectivity index is 1.93. The van der Waals surface area contributed by atoms with Gasteiger partial charge in [0.2, 0.25) is 0 Å². The molecule has 4 heteroatoms. The molecule has 1 aliphatic heterocycles. The lowest BCUT2D eigenvalue weighted by Gasteiger charge is -2.17. The van der Waals surface area contributed by atoms with E-state index in [2.05, 4.69) is 16.9 Å². The minimum atomic E-state index is 0.296. The van der Waals surface area contributed by atoms with Crippen LogP contribution >= 0.6 is 11.6 Å². The molecule has 0 amide bonds. The van der Waals surface area contributed by atoms with E-state index >= 15 is 0 Å². The number of rotatable bonds is 2. The van der Waals surface area contributed by atoms with Gasteiger partial charge in [-0.2, -0.15) is 0 Å². The van der Waals surface area contributed by atoms with Gasteiger partial charge in [-0.3, -0.25) is 4.98 Å². The third-order valence-electron chi connectivity index (χ3n) is 2.88. The predicted molar refractivity (Wildman–Crippen MR) is 65.0 cm³/mol. The number of nitrogens with zero attached hydrogens (tertiary/aromatic N) is 2. The maximum absolute atomic E-state index is 5.89. The van der Waals surface area contributed by atoms with Crippen LogP contribution in [0.3, 0.4) is 0 Å². The average molecular weight is 241 g/mol. The first-order valence-electron chi connectivity index (χ1n) is 5.70. The fourth-order valence-corrected chi connectivity index (χ4v) is 2.14. The summed E-state index contributed by atoms with van der Waals surface area (Å²) >= 11 is 5.87. The van der Waals surface area contributed by atoms with Crippen molar-refractivity contribution in [3.63, 3.8) is 0 Å². The highest BCUT2D eigenvalue weighted by Crippen LogP contribution is 2.20. The lowest BCUT2D eigenvalue weighted by molar-refractivity contribution is 0.182. The van der Waals surface area contributed by atoms with Crippen LogP contribution in [0.25, 0.3) is 0 Å². The summed E-state index contributed by atoms with van der Waals surface area (Å²) in [4.78, 5) is 6.37. The van der Waals surface area contributed by atoms with Gasteiger partial charge < -0.3 is 9.64 Å². The van der Waals surface area contributed by atoms with Gasteiger partial charge >= 0.3 is 0 Å². The molecule has 1 atom stereocenters. The smallest absolute Gasteiger partial charge is 0.139 e. The van der Waals surface area contributed by atoms with Crippen molar-refractivity contribution in [3.05, 3.63) is 23.5 Å². The van der Waals surface area contributed by atoms with Crippen LogP contribution in [0.5, 0.6) is 5.75 Å². The molecule has 0 bridgehead atoms. The summed E-state index contributed by atoms with van der Waals surface area (Å²) in [6.45, 7) is 2.26.